The van der Waals surface area contributed by atoms with E-state index in [1.165, 1.54) is 24.6 Å². The molecule has 0 bridgehead atoms. The highest BCUT2D eigenvalue weighted by Gasteiger charge is 2.11. The molecule has 0 spiro atoms. The molecule has 154 valence electrons. The summed E-state index contributed by atoms with van der Waals surface area (Å²) in [6.45, 7) is 11.3. The van der Waals surface area contributed by atoms with E-state index in [4.69, 9.17) is 15.7 Å². The van der Waals surface area contributed by atoms with Crippen LogP contribution >= 0.6 is 0 Å². The van der Waals surface area contributed by atoms with E-state index in [-0.39, 0.29) is 5.95 Å². The van der Waals surface area contributed by atoms with E-state index in [9.17, 15) is 0 Å². The Morgan fingerprint density at radius 1 is 1.19 bits per heavy atom. The topological polar surface area (TPSA) is 130 Å². The molecular weight excluding hydrogens is 390 g/mol. The Morgan fingerprint density at radius 3 is 2.52 bits per heavy atom. The van der Waals surface area contributed by atoms with Crippen molar-refractivity contribution >= 4 is 29.7 Å². The zero-order valence-corrected chi connectivity index (χ0v) is 17.2. The number of nitriles is 2. The van der Waals surface area contributed by atoms with Crippen LogP contribution < -0.4 is 10.6 Å². The fourth-order valence-corrected chi connectivity index (χ4v) is 2.67. The van der Waals surface area contributed by atoms with Gasteiger partial charge in [0.25, 0.3) is 0 Å². The molecule has 0 atom stereocenters. The Morgan fingerprint density at radius 2 is 1.90 bits per heavy atom. The van der Waals surface area contributed by atoms with E-state index >= 15 is 0 Å². The summed E-state index contributed by atoms with van der Waals surface area (Å²) >= 11 is 0. The summed E-state index contributed by atoms with van der Waals surface area (Å²) in [5.41, 5.74) is 4.85. The molecule has 1 aromatic carbocycles. The average molecular weight is 411 g/mol. The maximum absolute atomic E-state index is 8.98. The summed E-state index contributed by atoms with van der Waals surface area (Å²) in [6, 6.07) is 7.78. The Hall–Kier alpha value is -4.69. The molecule has 0 fully saturated rings. The van der Waals surface area contributed by atoms with E-state index in [1.54, 1.807) is 12.2 Å². The van der Waals surface area contributed by atoms with Gasteiger partial charge in [0, 0.05) is 29.2 Å². The number of nitrogens with one attached hydrogen (secondary N) is 2. The number of anilines is 3. The fraction of sp³-hybridized carbons (Fsp3) is 0.0870. The van der Waals surface area contributed by atoms with Crippen molar-refractivity contribution in [2.24, 2.45) is 5.16 Å². The molecule has 0 unspecified atom stereocenters. The Bertz CT molecular complexity index is 1150. The number of rotatable bonds is 8. The lowest BCUT2D eigenvalue weighted by Crippen LogP contribution is -2.07. The van der Waals surface area contributed by atoms with Crippen molar-refractivity contribution in [3.05, 3.63) is 83.2 Å². The Labute approximate surface area is 180 Å². The molecule has 0 amide bonds. The summed E-state index contributed by atoms with van der Waals surface area (Å²) in [7, 11) is 0. The second kappa shape index (κ2) is 10.7. The van der Waals surface area contributed by atoms with Crippen LogP contribution in [0.2, 0.25) is 0 Å². The van der Waals surface area contributed by atoms with Crippen LogP contribution in [-0.2, 0) is 0 Å². The molecule has 1 aromatic heterocycles. The molecular formula is C23H21N7O. The number of hydrogen-bond donors (Lipinski definition) is 3. The maximum atomic E-state index is 8.98. The highest BCUT2D eigenvalue weighted by atomic mass is 16.4. The molecule has 0 saturated carbocycles. The van der Waals surface area contributed by atoms with Crippen LogP contribution in [0.5, 0.6) is 0 Å². The van der Waals surface area contributed by atoms with E-state index in [2.05, 4.69) is 38.9 Å². The first-order valence-electron chi connectivity index (χ1n) is 9.09. The van der Waals surface area contributed by atoms with Gasteiger partial charge in [-0.05, 0) is 60.9 Å². The number of benzene rings is 1. The van der Waals surface area contributed by atoms with Gasteiger partial charge in [-0.25, -0.2) is 4.98 Å². The SMILES string of the molecule is C=C(C#N)/C=C\C(=C)Nc1ncc(/C=N/O)c(Nc2c(C)cc(/C=C/C#N)cc2C)n1. The minimum Gasteiger partial charge on any atom is -0.411 e. The average Bonchev–Trinajstić information content (AvgIpc) is 2.74. The first-order valence-corrected chi connectivity index (χ1v) is 9.09. The van der Waals surface area contributed by atoms with Gasteiger partial charge in [-0.3, -0.25) is 0 Å². The third-order valence-electron chi connectivity index (χ3n) is 4.06. The predicted molar refractivity (Wildman–Crippen MR) is 122 cm³/mol. The molecule has 1 heterocycles. The van der Waals surface area contributed by atoms with Crippen LogP contribution in [0.25, 0.3) is 6.08 Å². The van der Waals surface area contributed by atoms with E-state index in [1.807, 2.05) is 38.1 Å². The van der Waals surface area contributed by atoms with Gasteiger partial charge >= 0.3 is 0 Å². The zero-order chi connectivity index (χ0) is 22.8. The maximum Gasteiger partial charge on any atom is 0.229 e. The molecule has 2 rings (SSSR count). The van der Waals surface area contributed by atoms with Gasteiger partial charge in [-0.2, -0.15) is 15.5 Å². The second-order valence-corrected chi connectivity index (χ2v) is 6.48. The fourth-order valence-electron chi connectivity index (χ4n) is 2.67. The van der Waals surface area contributed by atoms with E-state index < -0.39 is 0 Å². The van der Waals surface area contributed by atoms with Crippen molar-refractivity contribution in [1.29, 1.82) is 10.5 Å². The monoisotopic (exact) mass is 411 g/mol. The first kappa shape index (κ1) is 22.6. The van der Waals surface area contributed by atoms with Crippen LogP contribution in [-0.4, -0.2) is 21.4 Å². The van der Waals surface area contributed by atoms with Crippen LogP contribution in [0.3, 0.4) is 0 Å². The smallest absolute Gasteiger partial charge is 0.229 e. The van der Waals surface area contributed by atoms with Gasteiger partial charge in [0.05, 0.1) is 23.9 Å². The minimum absolute atomic E-state index is 0.263. The first-order chi connectivity index (χ1) is 14.9. The number of hydrogen-bond acceptors (Lipinski definition) is 8. The normalized spacial score (nSPS) is 10.8. The minimum atomic E-state index is 0.263. The number of aryl methyl sites for hydroxylation is 2. The summed E-state index contributed by atoms with van der Waals surface area (Å²) in [6.07, 6.45) is 9.00. The lowest BCUT2D eigenvalue weighted by Gasteiger charge is -2.15. The predicted octanol–water partition coefficient (Wildman–Crippen LogP) is 4.74. The third kappa shape index (κ3) is 6.41. The van der Waals surface area contributed by atoms with Gasteiger partial charge in [0.1, 0.15) is 5.82 Å². The van der Waals surface area contributed by atoms with Crippen molar-refractivity contribution in [2.75, 3.05) is 10.6 Å². The van der Waals surface area contributed by atoms with Gasteiger partial charge < -0.3 is 15.8 Å². The van der Waals surface area contributed by atoms with Gasteiger partial charge in [0.15, 0.2) is 0 Å². The second-order valence-electron chi connectivity index (χ2n) is 6.48. The lowest BCUT2D eigenvalue weighted by atomic mass is 10.0. The van der Waals surface area contributed by atoms with Gasteiger partial charge in [-0.1, -0.05) is 18.3 Å². The number of aromatic nitrogens is 2. The molecule has 2 aromatic rings. The third-order valence-corrected chi connectivity index (χ3v) is 4.06. The van der Waals surface area contributed by atoms with Crippen molar-refractivity contribution in [3.63, 3.8) is 0 Å². The number of allylic oxidation sites excluding steroid dienone is 4. The van der Waals surface area contributed by atoms with Crippen LogP contribution in [0.4, 0.5) is 17.5 Å². The van der Waals surface area contributed by atoms with Crippen molar-refractivity contribution < 1.29 is 5.21 Å². The van der Waals surface area contributed by atoms with Crippen LogP contribution in [0.15, 0.2) is 66.1 Å². The van der Waals surface area contributed by atoms with Gasteiger partial charge in [0.2, 0.25) is 5.95 Å². The molecule has 0 radical (unpaired) electrons. The molecule has 3 N–H and O–H groups in total. The van der Waals surface area contributed by atoms with Gasteiger partial charge in [-0.15, -0.1) is 0 Å². The Kier molecular flexibility index (Phi) is 7.83. The molecule has 0 aliphatic rings. The molecule has 0 saturated heterocycles. The van der Waals surface area contributed by atoms with Crippen molar-refractivity contribution in [3.8, 4) is 12.1 Å². The molecule has 8 nitrogen and oxygen atoms in total. The summed E-state index contributed by atoms with van der Waals surface area (Å²) in [5.74, 6) is 0.679. The molecule has 0 aliphatic carbocycles. The quantitative estimate of drug-likeness (QED) is 0.188. The Balaban J connectivity index is 2.36. The zero-order valence-electron chi connectivity index (χ0n) is 17.2. The largest absolute Gasteiger partial charge is 0.411 e. The number of nitrogens with zero attached hydrogens (tertiary/aromatic N) is 5. The lowest BCUT2D eigenvalue weighted by molar-refractivity contribution is 0.322. The molecule has 0 aliphatic heterocycles. The van der Waals surface area contributed by atoms with Crippen molar-refractivity contribution in [2.45, 2.75) is 13.8 Å². The van der Waals surface area contributed by atoms with Crippen molar-refractivity contribution in [1.82, 2.24) is 9.97 Å². The summed E-state index contributed by atoms with van der Waals surface area (Å²) in [4.78, 5) is 8.65. The highest BCUT2D eigenvalue weighted by Crippen LogP contribution is 2.27. The van der Waals surface area contributed by atoms with Crippen LogP contribution in [0, 0.1) is 36.5 Å². The van der Waals surface area contributed by atoms with E-state index in [0.29, 0.717) is 22.7 Å². The van der Waals surface area contributed by atoms with Crippen LogP contribution in [0.1, 0.15) is 22.3 Å². The summed E-state index contributed by atoms with van der Waals surface area (Å²) < 4.78 is 0. The van der Waals surface area contributed by atoms with E-state index in [0.717, 1.165) is 22.4 Å². The molecule has 8 heteroatoms. The highest BCUT2D eigenvalue weighted by molar-refractivity contribution is 5.87. The number of oxime groups is 1. The molecule has 31 heavy (non-hydrogen) atoms. The standard InChI is InChI=1S/C23H21N7O/c1-15(12-25)7-8-18(4)28-23-26-13-20(14-27-31)22(30-23)29-21-16(2)10-19(6-5-9-24)11-17(21)3/h5-8,10-11,13-14,31H,1,4H2,2-3H3,(H2,26,28,29,30)/b6-5+,8-7-,27-14+. The summed E-state index contributed by atoms with van der Waals surface area (Å²) in [5, 5.41) is 35.7.